The van der Waals surface area contributed by atoms with Gasteiger partial charge in [0.25, 0.3) is 5.91 Å². The van der Waals surface area contributed by atoms with Crippen LogP contribution in [0.1, 0.15) is 53.2 Å². The van der Waals surface area contributed by atoms with E-state index in [2.05, 4.69) is 15.7 Å². The van der Waals surface area contributed by atoms with E-state index in [1.807, 2.05) is 13.0 Å². The molecule has 1 fully saturated rings. The Kier molecular flexibility index (Phi) is 4.37. The summed E-state index contributed by atoms with van der Waals surface area (Å²) in [6, 6.07) is 5.41. The molecule has 2 aliphatic rings. The SMILES string of the molecule is Cc1csc(C2(NC(=O)c3ccc4c(c3)OCCCO4)CCCC2)n1. The second kappa shape index (κ2) is 6.67. The third-order valence-corrected chi connectivity index (χ3v) is 6.01. The molecule has 1 aliphatic heterocycles. The molecule has 1 saturated carbocycles. The molecule has 2 heterocycles. The number of amides is 1. The van der Waals surface area contributed by atoms with Crippen LogP contribution < -0.4 is 14.8 Å². The molecule has 25 heavy (non-hydrogen) atoms. The average Bonchev–Trinajstić information content (AvgIpc) is 3.19. The molecule has 2 aromatic rings. The number of thiazole rings is 1. The number of nitrogens with zero attached hydrogens (tertiary/aromatic N) is 1. The van der Waals surface area contributed by atoms with E-state index >= 15 is 0 Å². The largest absolute Gasteiger partial charge is 0.490 e. The number of aromatic nitrogens is 1. The summed E-state index contributed by atoms with van der Waals surface area (Å²) in [6.45, 7) is 3.25. The number of ether oxygens (including phenoxy) is 2. The fourth-order valence-corrected chi connectivity index (χ4v) is 4.55. The molecule has 0 bridgehead atoms. The number of carbonyl (C=O) groups excluding carboxylic acids is 1. The summed E-state index contributed by atoms with van der Waals surface area (Å²) in [5.41, 5.74) is 1.28. The number of fused-ring (bicyclic) bond motifs is 1. The smallest absolute Gasteiger partial charge is 0.252 e. The van der Waals surface area contributed by atoms with Gasteiger partial charge in [-0.05, 0) is 38.0 Å². The van der Waals surface area contributed by atoms with Crippen LogP contribution in [0.15, 0.2) is 23.6 Å². The van der Waals surface area contributed by atoms with Gasteiger partial charge in [0.05, 0.1) is 18.8 Å². The highest BCUT2D eigenvalue weighted by Crippen LogP contribution is 2.40. The molecular weight excluding hydrogens is 336 g/mol. The molecule has 0 unspecified atom stereocenters. The topological polar surface area (TPSA) is 60.5 Å². The van der Waals surface area contributed by atoms with E-state index in [0.717, 1.165) is 42.8 Å². The second-order valence-corrected chi connectivity index (χ2v) is 7.61. The lowest BCUT2D eigenvalue weighted by molar-refractivity contribution is 0.0897. The van der Waals surface area contributed by atoms with Gasteiger partial charge in [0.1, 0.15) is 5.01 Å². The first-order valence-electron chi connectivity index (χ1n) is 8.81. The molecular formula is C19H22N2O3S. The van der Waals surface area contributed by atoms with Crippen molar-refractivity contribution in [3.8, 4) is 11.5 Å². The van der Waals surface area contributed by atoms with Crippen LogP contribution in [0.4, 0.5) is 0 Å². The van der Waals surface area contributed by atoms with Gasteiger partial charge >= 0.3 is 0 Å². The Balaban J connectivity index is 1.59. The molecule has 0 saturated heterocycles. The number of hydrogen-bond acceptors (Lipinski definition) is 5. The zero-order chi connectivity index (χ0) is 17.3. The van der Waals surface area contributed by atoms with Crippen LogP contribution in [0.3, 0.4) is 0 Å². The van der Waals surface area contributed by atoms with Gasteiger partial charge in [0.15, 0.2) is 11.5 Å². The van der Waals surface area contributed by atoms with Crippen molar-refractivity contribution in [2.24, 2.45) is 0 Å². The zero-order valence-corrected chi connectivity index (χ0v) is 15.2. The fraction of sp³-hybridized carbons (Fsp3) is 0.474. The Hall–Kier alpha value is -2.08. The van der Waals surface area contributed by atoms with Gasteiger partial charge < -0.3 is 14.8 Å². The maximum atomic E-state index is 12.9. The number of nitrogens with one attached hydrogen (secondary N) is 1. The molecule has 0 radical (unpaired) electrons. The Bertz CT molecular complexity index is 781. The van der Waals surface area contributed by atoms with Crippen molar-refractivity contribution in [1.82, 2.24) is 10.3 Å². The Morgan fingerprint density at radius 3 is 2.64 bits per heavy atom. The van der Waals surface area contributed by atoms with Gasteiger partial charge in [0.2, 0.25) is 0 Å². The summed E-state index contributed by atoms with van der Waals surface area (Å²) >= 11 is 1.64. The molecule has 4 rings (SSSR count). The summed E-state index contributed by atoms with van der Waals surface area (Å²) in [5.74, 6) is 1.28. The number of aryl methyl sites for hydroxylation is 1. The molecule has 132 valence electrons. The van der Waals surface area contributed by atoms with Crippen LogP contribution >= 0.6 is 11.3 Å². The lowest BCUT2D eigenvalue weighted by atomic mass is 9.97. The first-order valence-corrected chi connectivity index (χ1v) is 9.69. The Morgan fingerprint density at radius 1 is 1.16 bits per heavy atom. The van der Waals surface area contributed by atoms with E-state index in [4.69, 9.17) is 9.47 Å². The lowest BCUT2D eigenvalue weighted by Crippen LogP contribution is -2.43. The van der Waals surface area contributed by atoms with Gasteiger partial charge in [-0.25, -0.2) is 4.98 Å². The predicted octanol–water partition coefficient (Wildman–Crippen LogP) is 3.81. The molecule has 1 aromatic heterocycles. The minimum atomic E-state index is -0.333. The lowest BCUT2D eigenvalue weighted by Gasteiger charge is -2.28. The third kappa shape index (κ3) is 3.23. The van der Waals surface area contributed by atoms with Gasteiger partial charge in [-0.2, -0.15) is 0 Å². The highest BCUT2D eigenvalue weighted by atomic mass is 32.1. The van der Waals surface area contributed by atoms with E-state index in [0.29, 0.717) is 30.3 Å². The van der Waals surface area contributed by atoms with Gasteiger partial charge in [-0.15, -0.1) is 11.3 Å². The molecule has 5 nitrogen and oxygen atoms in total. The van der Waals surface area contributed by atoms with Crippen LogP contribution in [0, 0.1) is 6.92 Å². The van der Waals surface area contributed by atoms with E-state index in [9.17, 15) is 4.79 Å². The Morgan fingerprint density at radius 2 is 1.92 bits per heavy atom. The molecule has 0 atom stereocenters. The van der Waals surface area contributed by atoms with E-state index in [1.54, 1.807) is 23.5 Å². The number of benzene rings is 1. The van der Waals surface area contributed by atoms with Crippen LogP contribution in [0.2, 0.25) is 0 Å². The second-order valence-electron chi connectivity index (χ2n) is 6.75. The van der Waals surface area contributed by atoms with E-state index in [-0.39, 0.29) is 11.4 Å². The fourth-order valence-electron chi connectivity index (χ4n) is 3.54. The normalized spacial score (nSPS) is 18.6. The molecule has 1 aliphatic carbocycles. The first-order chi connectivity index (χ1) is 12.2. The maximum absolute atomic E-state index is 12.9. The van der Waals surface area contributed by atoms with Crippen LogP contribution in [0.25, 0.3) is 0 Å². The van der Waals surface area contributed by atoms with Gasteiger partial charge in [-0.3, -0.25) is 4.79 Å². The number of carbonyl (C=O) groups is 1. The van der Waals surface area contributed by atoms with E-state index in [1.165, 1.54) is 0 Å². The average molecular weight is 358 g/mol. The summed E-state index contributed by atoms with van der Waals surface area (Å²) in [4.78, 5) is 17.6. The summed E-state index contributed by atoms with van der Waals surface area (Å²) in [5, 5.41) is 6.34. The number of rotatable bonds is 3. The first kappa shape index (κ1) is 16.4. The van der Waals surface area contributed by atoms with Crippen molar-refractivity contribution >= 4 is 17.2 Å². The molecule has 1 aromatic carbocycles. The zero-order valence-electron chi connectivity index (χ0n) is 14.3. The molecule has 0 spiro atoms. The van der Waals surface area contributed by atoms with Crippen molar-refractivity contribution in [3.63, 3.8) is 0 Å². The summed E-state index contributed by atoms with van der Waals surface area (Å²) in [7, 11) is 0. The van der Waals surface area contributed by atoms with Crippen LogP contribution in [-0.2, 0) is 5.54 Å². The van der Waals surface area contributed by atoms with Crippen molar-refractivity contribution in [2.45, 2.75) is 44.6 Å². The maximum Gasteiger partial charge on any atom is 0.252 e. The molecule has 1 N–H and O–H groups in total. The van der Waals surface area contributed by atoms with Gasteiger partial charge in [0, 0.05) is 23.1 Å². The minimum absolute atomic E-state index is 0.0783. The van der Waals surface area contributed by atoms with E-state index < -0.39 is 0 Å². The summed E-state index contributed by atoms with van der Waals surface area (Å²) < 4.78 is 11.4. The van der Waals surface area contributed by atoms with Crippen molar-refractivity contribution in [2.75, 3.05) is 13.2 Å². The van der Waals surface area contributed by atoms with Gasteiger partial charge in [-0.1, -0.05) is 12.8 Å². The van der Waals surface area contributed by atoms with Crippen molar-refractivity contribution in [1.29, 1.82) is 0 Å². The highest BCUT2D eigenvalue weighted by Gasteiger charge is 2.39. The molecule has 1 amide bonds. The molecule has 6 heteroatoms. The minimum Gasteiger partial charge on any atom is -0.490 e. The predicted molar refractivity (Wildman–Crippen MR) is 96.5 cm³/mol. The monoisotopic (exact) mass is 358 g/mol. The standard InChI is InChI=1S/C19H22N2O3S/c1-13-12-25-18(20-13)19(7-2-3-8-19)21-17(22)14-5-6-15-16(11-14)24-10-4-9-23-15/h5-6,11-12H,2-4,7-10H2,1H3,(H,21,22). The Labute approximate surface area is 151 Å². The van der Waals surface area contributed by atoms with Crippen LogP contribution in [0.5, 0.6) is 11.5 Å². The third-order valence-electron chi connectivity index (χ3n) is 4.85. The van der Waals surface area contributed by atoms with Crippen molar-refractivity contribution < 1.29 is 14.3 Å². The summed E-state index contributed by atoms with van der Waals surface area (Å²) in [6.07, 6.45) is 4.95. The van der Waals surface area contributed by atoms with Crippen molar-refractivity contribution in [3.05, 3.63) is 39.8 Å². The van der Waals surface area contributed by atoms with Crippen LogP contribution in [-0.4, -0.2) is 24.1 Å². The highest BCUT2D eigenvalue weighted by molar-refractivity contribution is 7.09. The number of hydrogen-bond donors (Lipinski definition) is 1. The quantitative estimate of drug-likeness (QED) is 0.906.